The van der Waals surface area contributed by atoms with Gasteiger partial charge in [-0.05, 0) is 37.8 Å². The highest BCUT2D eigenvalue weighted by Gasteiger charge is 2.85. The fourth-order valence-electron chi connectivity index (χ4n) is 10.5. The lowest BCUT2D eigenvalue weighted by Gasteiger charge is -2.63. The van der Waals surface area contributed by atoms with Crippen molar-refractivity contribution in [2.24, 2.45) is 28.6 Å². The Labute approximate surface area is 291 Å². The van der Waals surface area contributed by atoms with Crippen molar-refractivity contribution >= 4 is 35.8 Å². The molecule has 0 saturated heterocycles. The molecule has 0 bridgehead atoms. The highest BCUT2D eigenvalue weighted by Crippen LogP contribution is 2.76. The highest BCUT2D eigenvalue weighted by atomic mass is 16.6. The normalized spacial score (nSPS) is 41.4. The van der Waals surface area contributed by atoms with E-state index in [1.54, 1.807) is 58.0 Å². The minimum atomic E-state index is -1.94. The molecule has 4 aliphatic carbocycles. The van der Waals surface area contributed by atoms with Crippen LogP contribution in [0.25, 0.3) is 0 Å². The molecule has 12 atom stereocenters. The number of aliphatic hydroxyl groups is 1. The van der Waals surface area contributed by atoms with E-state index in [4.69, 9.17) is 28.4 Å². The summed E-state index contributed by atoms with van der Waals surface area (Å²) < 4.78 is 36.6. The molecule has 4 saturated carbocycles. The van der Waals surface area contributed by atoms with Gasteiger partial charge in [-0.25, -0.2) is 4.79 Å². The second-order valence-electron chi connectivity index (χ2n) is 15.5. The standard InChI is InChI=1S/C37H48O13/c1-19-15-36(44)28(29(19)48-31(43)25-13-11-10-12-14-25)30(46-21(3)39)34(8)18-37(50-24(6)42)26(35(34,9)32(36)47-22(4)40)16-33(7,49-23(5)41)17-27(37)45-20(2)38/h10-14,19,26-30,32,44H,15-18H2,1-9H3/t19-,26-,27-,28+,29-,30+,32+,33+,34-,35+,36+,37-/m0/s1. The molecule has 4 aliphatic rings. The Balaban J connectivity index is 1.78. The van der Waals surface area contributed by atoms with Crippen LogP contribution in [-0.2, 0) is 52.4 Å². The minimum absolute atomic E-state index is 0.0202. The van der Waals surface area contributed by atoms with Gasteiger partial charge in [0.2, 0.25) is 0 Å². The molecule has 0 amide bonds. The van der Waals surface area contributed by atoms with Crippen LogP contribution in [0.1, 0.15) is 98.4 Å². The Morgan fingerprint density at radius 1 is 0.720 bits per heavy atom. The molecule has 0 spiro atoms. The fourth-order valence-corrected chi connectivity index (χ4v) is 10.5. The van der Waals surface area contributed by atoms with Gasteiger partial charge in [-0.1, -0.05) is 39.0 Å². The van der Waals surface area contributed by atoms with Crippen LogP contribution in [0.3, 0.4) is 0 Å². The van der Waals surface area contributed by atoms with Crippen LogP contribution >= 0.6 is 0 Å². The Hall–Kier alpha value is -4.00. The molecular weight excluding hydrogens is 652 g/mol. The summed E-state index contributed by atoms with van der Waals surface area (Å²) in [6.07, 6.45) is -4.83. The van der Waals surface area contributed by atoms with Crippen molar-refractivity contribution in [2.75, 3.05) is 0 Å². The average Bonchev–Trinajstić information content (AvgIpc) is 3.34. The molecule has 0 unspecified atom stereocenters. The highest BCUT2D eigenvalue weighted by molar-refractivity contribution is 5.89. The molecule has 4 fully saturated rings. The van der Waals surface area contributed by atoms with Gasteiger partial charge in [0.25, 0.3) is 0 Å². The largest absolute Gasteiger partial charge is 0.461 e. The van der Waals surface area contributed by atoms with E-state index in [1.807, 2.05) is 0 Å². The molecule has 13 nitrogen and oxygen atoms in total. The summed E-state index contributed by atoms with van der Waals surface area (Å²) >= 11 is 0. The first-order valence-electron chi connectivity index (χ1n) is 17.0. The van der Waals surface area contributed by atoms with Crippen molar-refractivity contribution in [1.29, 1.82) is 0 Å². The quantitative estimate of drug-likeness (QED) is 0.321. The second kappa shape index (κ2) is 12.6. The van der Waals surface area contributed by atoms with Crippen molar-refractivity contribution in [3.05, 3.63) is 35.9 Å². The zero-order valence-electron chi connectivity index (χ0n) is 30.1. The first-order chi connectivity index (χ1) is 23.1. The summed E-state index contributed by atoms with van der Waals surface area (Å²) in [5, 5.41) is 13.1. The van der Waals surface area contributed by atoms with E-state index >= 15 is 0 Å². The molecule has 1 aromatic rings. The lowest BCUT2D eigenvalue weighted by molar-refractivity contribution is -0.290. The number of benzene rings is 1. The van der Waals surface area contributed by atoms with Gasteiger partial charge >= 0.3 is 35.8 Å². The molecule has 0 aliphatic heterocycles. The third-order valence-corrected chi connectivity index (χ3v) is 11.9. The number of carbonyl (C=O) groups is 6. The average molecular weight is 701 g/mol. The van der Waals surface area contributed by atoms with Gasteiger partial charge in [0, 0.05) is 64.2 Å². The molecule has 13 heteroatoms. The van der Waals surface area contributed by atoms with Gasteiger partial charge in [0.15, 0.2) is 5.60 Å². The van der Waals surface area contributed by atoms with Crippen LogP contribution in [0.4, 0.5) is 0 Å². The molecule has 1 aromatic carbocycles. The zero-order valence-corrected chi connectivity index (χ0v) is 30.1. The summed E-state index contributed by atoms with van der Waals surface area (Å²) in [6, 6.07) is 8.32. The molecule has 50 heavy (non-hydrogen) atoms. The molecule has 1 N–H and O–H groups in total. The predicted molar refractivity (Wildman–Crippen MR) is 173 cm³/mol. The van der Waals surface area contributed by atoms with E-state index in [1.165, 1.54) is 34.6 Å². The van der Waals surface area contributed by atoms with Gasteiger partial charge in [0.1, 0.15) is 35.6 Å². The van der Waals surface area contributed by atoms with Crippen LogP contribution in [0.5, 0.6) is 0 Å². The predicted octanol–water partition coefficient (Wildman–Crippen LogP) is 3.86. The van der Waals surface area contributed by atoms with Gasteiger partial charge in [-0.3, -0.25) is 24.0 Å². The number of ether oxygens (including phenoxy) is 6. The Morgan fingerprint density at radius 2 is 1.30 bits per heavy atom. The number of esters is 6. The lowest BCUT2D eigenvalue weighted by Crippen LogP contribution is -2.73. The number of hydrogen-bond acceptors (Lipinski definition) is 13. The Morgan fingerprint density at radius 3 is 1.84 bits per heavy atom. The van der Waals surface area contributed by atoms with Crippen molar-refractivity contribution in [2.45, 2.75) is 129 Å². The van der Waals surface area contributed by atoms with E-state index < -0.39 is 106 Å². The van der Waals surface area contributed by atoms with Crippen LogP contribution in [-0.4, -0.2) is 82.1 Å². The van der Waals surface area contributed by atoms with E-state index in [0.717, 1.165) is 0 Å². The molecule has 0 aromatic heterocycles. The van der Waals surface area contributed by atoms with Crippen molar-refractivity contribution in [1.82, 2.24) is 0 Å². The SMILES string of the molecule is CC(=O)O[C@H]1C[C@](C)(OC(C)=O)C[C@@H]2[C@@]1(OC(C)=O)C[C@@]1(C)[C@H](OC(C)=O)[C@H]3[C@@H](OC(=O)c4ccccc4)[C@@H](C)C[C@]3(O)[C@H](OC(C)=O)[C@@]21C. The molecule has 0 radical (unpaired) electrons. The number of hydrogen-bond donors (Lipinski definition) is 1. The van der Waals surface area contributed by atoms with E-state index in [0.29, 0.717) is 0 Å². The number of carbonyl (C=O) groups excluding carboxylic acids is 6. The van der Waals surface area contributed by atoms with Crippen molar-refractivity contribution in [3.63, 3.8) is 0 Å². The van der Waals surface area contributed by atoms with Gasteiger partial charge in [-0.15, -0.1) is 0 Å². The van der Waals surface area contributed by atoms with Gasteiger partial charge in [-0.2, -0.15) is 0 Å². The third-order valence-electron chi connectivity index (χ3n) is 11.9. The van der Waals surface area contributed by atoms with Crippen LogP contribution in [0.15, 0.2) is 30.3 Å². The van der Waals surface area contributed by atoms with Gasteiger partial charge < -0.3 is 33.5 Å². The smallest absolute Gasteiger partial charge is 0.338 e. The topological polar surface area (TPSA) is 178 Å². The molecular formula is C37H48O13. The van der Waals surface area contributed by atoms with Crippen molar-refractivity contribution in [3.8, 4) is 0 Å². The Kier molecular flexibility index (Phi) is 9.42. The molecule has 274 valence electrons. The molecule has 0 heterocycles. The van der Waals surface area contributed by atoms with Crippen molar-refractivity contribution < 1.29 is 62.3 Å². The Bertz CT molecular complexity index is 1580. The third kappa shape index (κ3) is 5.84. The van der Waals surface area contributed by atoms with Crippen LogP contribution < -0.4 is 0 Å². The lowest BCUT2D eigenvalue weighted by atomic mass is 9.46. The maximum Gasteiger partial charge on any atom is 0.338 e. The summed E-state index contributed by atoms with van der Waals surface area (Å²) in [5.41, 5.74) is -7.26. The van der Waals surface area contributed by atoms with Crippen LogP contribution in [0.2, 0.25) is 0 Å². The van der Waals surface area contributed by atoms with E-state index in [2.05, 4.69) is 0 Å². The van der Waals surface area contributed by atoms with Gasteiger partial charge in [0.05, 0.1) is 11.5 Å². The summed E-state index contributed by atoms with van der Waals surface area (Å²) in [7, 11) is 0. The zero-order chi connectivity index (χ0) is 37.2. The summed E-state index contributed by atoms with van der Waals surface area (Å²) in [5.74, 6) is -6.52. The minimum Gasteiger partial charge on any atom is -0.461 e. The molecule has 5 rings (SSSR count). The monoisotopic (exact) mass is 700 g/mol. The second-order valence-corrected chi connectivity index (χ2v) is 15.5. The van der Waals surface area contributed by atoms with E-state index in [9.17, 15) is 33.9 Å². The van der Waals surface area contributed by atoms with E-state index in [-0.39, 0.29) is 31.2 Å². The maximum atomic E-state index is 13.5. The first kappa shape index (κ1) is 37.3. The summed E-state index contributed by atoms with van der Waals surface area (Å²) in [6.45, 7) is 13.2. The number of rotatable bonds is 7. The van der Waals surface area contributed by atoms with Crippen LogP contribution in [0, 0.1) is 28.6 Å². The first-order valence-corrected chi connectivity index (χ1v) is 17.0. The summed E-state index contributed by atoms with van der Waals surface area (Å²) in [4.78, 5) is 77.7. The fraction of sp³-hybridized carbons (Fsp3) is 0.676. The number of fused-ring (bicyclic) bond motifs is 4. The maximum absolute atomic E-state index is 13.5.